The summed E-state index contributed by atoms with van der Waals surface area (Å²) in [5.74, 6) is 0.0590. The summed E-state index contributed by atoms with van der Waals surface area (Å²) in [5, 5.41) is 7.76. The predicted molar refractivity (Wildman–Crippen MR) is 77.1 cm³/mol. The third kappa shape index (κ3) is 2.10. The van der Waals surface area contributed by atoms with Crippen molar-refractivity contribution in [2.45, 2.75) is 13.0 Å². The summed E-state index contributed by atoms with van der Waals surface area (Å²) in [5.41, 5.74) is 2.09. The minimum Gasteiger partial charge on any atom is -0.411 e. The van der Waals surface area contributed by atoms with E-state index in [-0.39, 0.29) is 11.8 Å². The minimum atomic E-state index is -0.264. The first-order chi connectivity index (χ1) is 10.7. The van der Waals surface area contributed by atoms with Crippen molar-refractivity contribution in [3.8, 4) is 10.8 Å². The Bertz CT molecular complexity index is 822. The quantitative estimate of drug-likeness (QED) is 0.704. The van der Waals surface area contributed by atoms with Gasteiger partial charge in [0.25, 0.3) is 5.89 Å². The van der Waals surface area contributed by atoms with E-state index in [1.165, 1.54) is 17.2 Å². The highest BCUT2D eigenvalue weighted by Crippen LogP contribution is 2.23. The summed E-state index contributed by atoms with van der Waals surface area (Å²) in [6.45, 7) is 1.08. The molecular formula is C13H12N6O2S. The maximum absolute atomic E-state index is 12.5. The van der Waals surface area contributed by atoms with Gasteiger partial charge in [-0.15, -0.1) is 10.2 Å². The number of nitrogens with zero attached hydrogens (tertiary/aromatic N) is 6. The van der Waals surface area contributed by atoms with Gasteiger partial charge >= 0.3 is 11.8 Å². The first-order valence-electron chi connectivity index (χ1n) is 6.75. The Morgan fingerprint density at radius 2 is 2.32 bits per heavy atom. The van der Waals surface area contributed by atoms with Crippen LogP contribution in [0.25, 0.3) is 10.8 Å². The minimum absolute atomic E-state index is 0.00258. The highest BCUT2D eigenvalue weighted by Gasteiger charge is 2.28. The molecule has 22 heavy (non-hydrogen) atoms. The topological polar surface area (TPSA) is 89.9 Å². The first-order valence-corrected chi connectivity index (χ1v) is 7.52. The average molecular weight is 316 g/mol. The van der Waals surface area contributed by atoms with Crippen LogP contribution < -0.4 is 0 Å². The summed E-state index contributed by atoms with van der Waals surface area (Å²) < 4.78 is 11.4. The van der Waals surface area contributed by atoms with E-state index >= 15 is 0 Å². The van der Waals surface area contributed by atoms with E-state index in [4.69, 9.17) is 4.42 Å². The second kappa shape index (κ2) is 5.02. The van der Waals surface area contributed by atoms with Crippen molar-refractivity contribution in [3.63, 3.8) is 0 Å². The zero-order chi connectivity index (χ0) is 15.1. The van der Waals surface area contributed by atoms with E-state index in [1.807, 2.05) is 11.6 Å². The third-order valence-electron chi connectivity index (χ3n) is 3.65. The van der Waals surface area contributed by atoms with Crippen molar-refractivity contribution < 1.29 is 9.21 Å². The van der Waals surface area contributed by atoms with E-state index < -0.39 is 0 Å². The standard InChI is InChI=1S/C13H12N6O2S/c1-18-7-14-8-6-19(5-3-9(8)18)13(20)12-17-16-11(21-12)10-2-4-15-22-10/h2,4,7H,3,5-6H2,1H3. The van der Waals surface area contributed by atoms with Gasteiger partial charge in [0.1, 0.15) is 4.88 Å². The lowest BCUT2D eigenvalue weighted by atomic mass is 10.1. The highest BCUT2D eigenvalue weighted by molar-refractivity contribution is 7.09. The van der Waals surface area contributed by atoms with E-state index in [0.29, 0.717) is 19.0 Å². The van der Waals surface area contributed by atoms with Crippen LogP contribution in [0.2, 0.25) is 0 Å². The summed E-state index contributed by atoms with van der Waals surface area (Å²) >= 11 is 1.25. The maximum Gasteiger partial charge on any atom is 0.311 e. The van der Waals surface area contributed by atoms with Crippen LogP contribution in [-0.2, 0) is 20.0 Å². The van der Waals surface area contributed by atoms with Crippen molar-refractivity contribution in [1.82, 2.24) is 29.0 Å². The zero-order valence-electron chi connectivity index (χ0n) is 11.8. The van der Waals surface area contributed by atoms with E-state index in [0.717, 1.165) is 17.0 Å². The van der Waals surface area contributed by atoms with Crippen molar-refractivity contribution in [3.05, 3.63) is 35.9 Å². The van der Waals surface area contributed by atoms with Crippen molar-refractivity contribution in [1.29, 1.82) is 0 Å². The largest absolute Gasteiger partial charge is 0.411 e. The van der Waals surface area contributed by atoms with E-state index in [2.05, 4.69) is 19.6 Å². The predicted octanol–water partition coefficient (Wildman–Crippen LogP) is 1.13. The fourth-order valence-corrected chi connectivity index (χ4v) is 3.02. The van der Waals surface area contributed by atoms with Crippen LogP contribution in [0.5, 0.6) is 0 Å². The molecule has 0 bridgehead atoms. The van der Waals surface area contributed by atoms with Gasteiger partial charge in [0.05, 0.1) is 18.6 Å². The number of aromatic nitrogens is 5. The van der Waals surface area contributed by atoms with Crippen LogP contribution in [0.15, 0.2) is 23.0 Å². The SMILES string of the molecule is Cn1cnc2c1CCN(C(=O)c1nnc(-c3ccns3)o1)C2. The molecule has 0 spiro atoms. The highest BCUT2D eigenvalue weighted by atomic mass is 32.1. The monoisotopic (exact) mass is 316 g/mol. The normalized spacial score (nSPS) is 14.1. The average Bonchev–Trinajstić information content (AvgIpc) is 3.27. The molecule has 0 saturated carbocycles. The molecule has 0 aromatic carbocycles. The Hall–Kier alpha value is -2.55. The van der Waals surface area contributed by atoms with Crippen LogP contribution in [0, 0.1) is 0 Å². The number of hydrogen-bond acceptors (Lipinski definition) is 7. The Morgan fingerprint density at radius 1 is 1.41 bits per heavy atom. The van der Waals surface area contributed by atoms with Crippen molar-refractivity contribution in [2.75, 3.05) is 6.54 Å². The Labute approximate surface area is 129 Å². The van der Waals surface area contributed by atoms with Crippen LogP contribution >= 0.6 is 11.5 Å². The number of carbonyl (C=O) groups excluding carboxylic acids is 1. The van der Waals surface area contributed by atoms with Crippen LogP contribution in [0.1, 0.15) is 22.1 Å². The molecule has 4 heterocycles. The Morgan fingerprint density at radius 3 is 3.14 bits per heavy atom. The van der Waals surface area contributed by atoms with Gasteiger partial charge in [0.2, 0.25) is 0 Å². The molecule has 3 aromatic rings. The molecule has 0 unspecified atom stereocenters. The number of fused-ring (bicyclic) bond motifs is 1. The molecular weight excluding hydrogens is 304 g/mol. The molecule has 0 radical (unpaired) electrons. The van der Waals surface area contributed by atoms with Gasteiger partial charge in [0, 0.05) is 31.9 Å². The van der Waals surface area contributed by atoms with Gasteiger partial charge in [-0.25, -0.2) is 9.36 Å². The van der Waals surface area contributed by atoms with Crippen LogP contribution in [0.3, 0.4) is 0 Å². The van der Waals surface area contributed by atoms with Crippen LogP contribution in [-0.4, -0.2) is 41.5 Å². The van der Waals surface area contributed by atoms with Gasteiger partial charge in [-0.3, -0.25) is 4.79 Å². The maximum atomic E-state index is 12.5. The van der Waals surface area contributed by atoms with Gasteiger partial charge in [-0.1, -0.05) is 0 Å². The molecule has 3 aromatic heterocycles. The number of amides is 1. The summed E-state index contributed by atoms with van der Waals surface area (Å²) in [7, 11) is 1.96. The van der Waals surface area contributed by atoms with E-state index in [9.17, 15) is 4.79 Å². The number of carbonyl (C=O) groups is 1. The van der Waals surface area contributed by atoms with Gasteiger partial charge in [-0.2, -0.15) is 0 Å². The second-order valence-corrected chi connectivity index (χ2v) is 5.85. The molecule has 0 atom stereocenters. The van der Waals surface area contributed by atoms with Gasteiger partial charge < -0.3 is 13.9 Å². The van der Waals surface area contributed by atoms with Gasteiger partial charge in [-0.05, 0) is 17.6 Å². The number of imidazole rings is 1. The molecule has 0 fully saturated rings. The lowest BCUT2D eigenvalue weighted by Gasteiger charge is -2.25. The van der Waals surface area contributed by atoms with Crippen molar-refractivity contribution in [2.24, 2.45) is 7.05 Å². The summed E-state index contributed by atoms with van der Waals surface area (Å²) in [6.07, 6.45) is 4.19. The fourth-order valence-electron chi connectivity index (χ4n) is 2.50. The fraction of sp³-hybridized carbons (Fsp3) is 0.308. The van der Waals surface area contributed by atoms with Crippen molar-refractivity contribution >= 4 is 17.4 Å². The molecule has 1 aliphatic heterocycles. The molecule has 9 heteroatoms. The molecule has 8 nitrogen and oxygen atoms in total. The van der Waals surface area contributed by atoms with Gasteiger partial charge in [0.15, 0.2) is 0 Å². The lowest BCUT2D eigenvalue weighted by molar-refractivity contribution is 0.0691. The smallest absolute Gasteiger partial charge is 0.311 e. The Balaban J connectivity index is 1.55. The molecule has 0 aliphatic carbocycles. The molecule has 1 amide bonds. The molecule has 4 rings (SSSR count). The molecule has 1 aliphatic rings. The number of aryl methyl sites for hydroxylation is 1. The first kappa shape index (κ1) is 13.1. The second-order valence-electron chi connectivity index (χ2n) is 5.01. The molecule has 0 saturated heterocycles. The zero-order valence-corrected chi connectivity index (χ0v) is 12.6. The Kier molecular flexibility index (Phi) is 3.00. The molecule has 0 N–H and O–H groups in total. The number of rotatable bonds is 2. The number of hydrogen-bond donors (Lipinski definition) is 0. The third-order valence-corrected chi connectivity index (χ3v) is 4.38. The van der Waals surface area contributed by atoms with E-state index in [1.54, 1.807) is 23.5 Å². The van der Waals surface area contributed by atoms with Crippen LogP contribution in [0.4, 0.5) is 0 Å². The summed E-state index contributed by atoms with van der Waals surface area (Å²) in [6, 6.07) is 1.77. The lowest BCUT2D eigenvalue weighted by Crippen LogP contribution is -2.36. The summed E-state index contributed by atoms with van der Waals surface area (Å²) in [4.78, 5) is 19.2. The molecule has 112 valence electrons.